The van der Waals surface area contributed by atoms with Gasteiger partial charge in [-0.15, -0.1) is 11.6 Å². The van der Waals surface area contributed by atoms with Crippen molar-refractivity contribution in [1.82, 2.24) is 0 Å². The molecule has 0 aromatic carbocycles. The van der Waals surface area contributed by atoms with Gasteiger partial charge in [0.25, 0.3) is 5.79 Å². The number of halogens is 1. The van der Waals surface area contributed by atoms with Crippen LogP contribution >= 0.6 is 11.6 Å². The van der Waals surface area contributed by atoms with Crippen LogP contribution in [0.2, 0.25) is 0 Å². The lowest BCUT2D eigenvalue weighted by Gasteiger charge is -2.36. The van der Waals surface area contributed by atoms with E-state index in [4.69, 9.17) is 21.1 Å². The SMILES string of the molecule is C=CC(=O)OC12OC(=O)C3(Cl)CC(CC31)C2C. The lowest BCUT2D eigenvalue weighted by atomic mass is 9.80. The summed E-state index contributed by atoms with van der Waals surface area (Å²) in [7, 11) is 0. The Kier molecular flexibility index (Phi) is 1.99. The average molecular weight is 257 g/mol. The summed E-state index contributed by atoms with van der Waals surface area (Å²) < 4.78 is 10.7. The van der Waals surface area contributed by atoms with Crippen LogP contribution in [0, 0.1) is 17.8 Å². The fourth-order valence-corrected chi connectivity index (χ4v) is 4.09. The van der Waals surface area contributed by atoms with Gasteiger partial charge in [-0.05, 0) is 18.8 Å². The molecule has 0 N–H and O–H groups in total. The molecule has 0 aromatic heterocycles. The van der Waals surface area contributed by atoms with Crippen LogP contribution in [0.3, 0.4) is 0 Å². The molecule has 3 aliphatic rings. The topological polar surface area (TPSA) is 52.6 Å². The second-order valence-electron chi connectivity index (χ2n) is 5.14. The summed E-state index contributed by atoms with van der Waals surface area (Å²) >= 11 is 6.33. The lowest BCUT2D eigenvalue weighted by molar-refractivity contribution is -0.234. The highest BCUT2D eigenvalue weighted by Gasteiger charge is 2.78. The van der Waals surface area contributed by atoms with Crippen molar-refractivity contribution >= 4 is 23.5 Å². The highest BCUT2D eigenvalue weighted by atomic mass is 35.5. The minimum Gasteiger partial charge on any atom is -0.420 e. The van der Waals surface area contributed by atoms with E-state index in [1.165, 1.54) is 0 Å². The first kappa shape index (κ1) is 11.1. The van der Waals surface area contributed by atoms with Crippen LogP contribution in [-0.4, -0.2) is 22.6 Å². The molecule has 1 saturated heterocycles. The van der Waals surface area contributed by atoms with E-state index >= 15 is 0 Å². The predicted molar refractivity (Wildman–Crippen MR) is 59.1 cm³/mol. The number of fused-ring (bicyclic) bond motifs is 1. The molecule has 1 heterocycles. The zero-order valence-electron chi connectivity index (χ0n) is 9.44. The number of alkyl halides is 1. The molecule has 92 valence electrons. The smallest absolute Gasteiger partial charge is 0.333 e. The molecular weight excluding hydrogens is 244 g/mol. The molecule has 5 unspecified atom stereocenters. The van der Waals surface area contributed by atoms with Crippen LogP contribution in [0.1, 0.15) is 19.8 Å². The van der Waals surface area contributed by atoms with Gasteiger partial charge in [0, 0.05) is 12.0 Å². The Balaban J connectivity index is 2.02. The highest BCUT2D eigenvalue weighted by Crippen LogP contribution is 2.67. The summed E-state index contributed by atoms with van der Waals surface area (Å²) in [5, 5.41) is 0. The molecule has 2 saturated carbocycles. The first-order chi connectivity index (χ1) is 7.94. The number of rotatable bonds is 2. The van der Waals surface area contributed by atoms with Gasteiger partial charge in [-0.25, -0.2) is 4.79 Å². The third-order valence-corrected chi connectivity index (χ3v) is 5.07. The van der Waals surface area contributed by atoms with Gasteiger partial charge < -0.3 is 9.47 Å². The number of carbonyl (C=O) groups is 2. The zero-order valence-corrected chi connectivity index (χ0v) is 10.2. The fourth-order valence-electron chi connectivity index (χ4n) is 3.61. The molecule has 1 aliphatic heterocycles. The normalized spacial score (nSPS) is 50.2. The number of hydrogen-bond acceptors (Lipinski definition) is 4. The van der Waals surface area contributed by atoms with Crippen LogP contribution in [0.4, 0.5) is 0 Å². The molecule has 3 rings (SSSR count). The Hall–Kier alpha value is -1.03. The lowest BCUT2D eigenvalue weighted by Crippen LogP contribution is -2.48. The maximum atomic E-state index is 11.9. The maximum absolute atomic E-state index is 11.9. The monoisotopic (exact) mass is 256 g/mol. The van der Waals surface area contributed by atoms with Gasteiger partial charge in [-0.1, -0.05) is 13.5 Å². The zero-order chi connectivity index (χ0) is 12.4. The molecule has 0 amide bonds. The minimum atomic E-state index is -1.16. The van der Waals surface area contributed by atoms with E-state index in [1.807, 2.05) is 6.92 Å². The van der Waals surface area contributed by atoms with E-state index in [9.17, 15) is 9.59 Å². The van der Waals surface area contributed by atoms with Gasteiger partial charge in [-0.2, -0.15) is 0 Å². The average Bonchev–Trinajstić information content (AvgIpc) is 2.80. The summed E-state index contributed by atoms with van der Waals surface area (Å²) in [6.45, 7) is 5.30. The van der Waals surface area contributed by atoms with Crippen LogP contribution in [0.15, 0.2) is 12.7 Å². The Bertz CT molecular complexity index is 434. The summed E-state index contributed by atoms with van der Waals surface area (Å²) in [5.41, 5.74) is 0. The second kappa shape index (κ2) is 3.05. The van der Waals surface area contributed by atoms with Gasteiger partial charge in [-0.3, -0.25) is 4.79 Å². The first-order valence-electron chi connectivity index (χ1n) is 5.72. The number of hydrogen-bond donors (Lipinski definition) is 0. The largest absolute Gasteiger partial charge is 0.420 e. The predicted octanol–water partition coefficient (Wildman–Crippen LogP) is 1.62. The van der Waals surface area contributed by atoms with E-state index in [0.29, 0.717) is 6.42 Å². The summed E-state index contributed by atoms with van der Waals surface area (Å²) in [6.07, 6.45) is 2.48. The van der Waals surface area contributed by atoms with Crippen molar-refractivity contribution in [1.29, 1.82) is 0 Å². The molecule has 0 radical (unpaired) electrons. The molecule has 3 fully saturated rings. The molecule has 17 heavy (non-hydrogen) atoms. The highest BCUT2D eigenvalue weighted by molar-refractivity contribution is 6.35. The van der Waals surface area contributed by atoms with Crippen LogP contribution in [-0.2, 0) is 19.1 Å². The summed E-state index contributed by atoms with van der Waals surface area (Å²) in [5.74, 6) is -2.14. The van der Waals surface area contributed by atoms with Crippen LogP contribution in [0.25, 0.3) is 0 Å². The van der Waals surface area contributed by atoms with E-state index in [0.717, 1.165) is 12.5 Å². The minimum absolute atomic E-state index is 0.00488. The Labute approximate surface area is 104 Å². The fraction of sp³-hybridized carbons (Fsp3) is 0.667. The molecule has 0 spiro atoms. The molecule has 2 aliphatic carbocycles. The number of esters is 2. The molecule has 5 heteroatoms. The molecule has 2 bridgehead atoms. The van der Waals surface area contributed by atoms with Crippen molar-refractivity contribution in [3.63, 3.8) is 0 Å². The maximum Gasteiger partial charge on any atom is 0.333 e. The van der Waals surface area contributed by atoms with Crippen molar-refractivity contribution in [2.45, 2.75) is 30.4 Å². The first-order valence-corrected chi connectivity index (χ1v) is 6.09. The quantitative estimate of drug-likeness (QED) is 0.428. The van der Waals surface area contributed by atoms with Crippen molar-refractivity contribution < 1.29 is 19.1 Å². The molecule has 5 atom stereocenters. The summed E-state index contributed by atoms with van der Waals surface area (Å²) in [4.78, 5) is 22.3. The number of carbonyl (C=O) groups excluding carboxylic acids is 2. The standard InChI is InChI=1S/C12H13ClO4/c1-3-9(14)16-12-6(2)7-4-8(12)11(13,5-7)10(15)17-12/h3,6-8H,1,4-5H2,2H3. The third kappa shape index (κ3) is 1.09. The van der Waals surface area contributed by atoms with Gasteiger partial charge >= 0.3 is 11.9 Å². The Morgan fingerprint density at radius 1 is 1.71 bits per heavy atom. The van der Waals surface area contributed by atoms with Gasteiger partial charge in [0.2, 0.25) is 0 Å². The van der Waals surface area contributed by atoms with E-state index in [-0.39, 0.29) is 17.8 Å². The van der Waals surface area contributed by atoms with E-state index in [1.54, 1.807) is 0 Å². The molecule has 4 nitrogen and oxygen atoms in total. The van der Waals surface area contributed by atoms with Crippen molar-refractivity contribution in [2.24, 2.45) is 17.8 Å². The van der Waals surface area contributed by atoms with Crippen LogP contribution < -0.4 is 0 Å². The van der Waals surface area contributed by atoms with Gasteiger partial charge in [0.15, 0.2) is 4.87 Å². The Morgan fingerprint density at radius 3 is 3.00 bits per heavy atom. The second-order valence-corrected chi connectivity index (χ2v) is 5.81. The molecule has 0 aromatic rings. The Morgan fingerprint density at radius 2 is 2.41 bits per heavy atom. The van der Waals surface area contributed by atoms with Gasteiger partial charge in [0.1, 0.15) is 0 Å². The third-order valence-electron chi connectivity index (χ3n) is 4.50. The van der Waals surface area contributed by atoms with Crippen molar-refractivity contribution in [3.05, 3.63) is 12.7 Å². The van der Waals surface area contributed by atoms with E-state index in [2.05, 4.69) is 6.58 Å². The van der Waals surface area contributed by atoms with Gasteiger partial charge in [0.05, 0.1) is 5.92 Å². The molecular formula is C12H13ClO4. The number of ether oxygens (including phenoxy) is 2. The summed E-state index contributed by atoms with van der Waals surface area (Å²) in [6, 6.07) is 0. The van der Waals surface area contributed by atoms with Crippen LogP contribution in [0.5, 0.6) is 0 Å². The van der Waals surface area contributed by atoms with Crippen molar-refractivity contribution in [3.8, 4) is 0 Å². The van der Waals surface area contributed by atoms with E-state index < -0.39 is 22.6 Å². The van der Waals surface area contributed by atoms with Crippen molar-refractivity contribution in [2.75, 3.05) is 0 Å².